The van der Waals surface area contributed by atoms with Gasteiger partial charge >= 0.3 is 0 Å². The Morgan fingerprint density at radius 1 is 1.29 bits per heavy atom. The molecule has 1 aromatic rings. The predicted octanol–water partition coefficient (Wildman–Crippen LogP) is 2.35. The lowest BCUT2D eigenvalue weighted by molar-refractivity contribution is -0.120. The van der Waals surface area contributed by atoms with Crippen molar-refractivity contribution in [2.45, 2.75) is 26.3 Å². The summed E-state index contributed by atoms with van der Waals surface area (Å²) in [4.78, 5) is 11.3. The van der Waals surface area contributed by atoms with Gasteiger partial charge in [-0.2, -0.15) is 0 Å². The Morgan fingerprint density at radius 2 is 2.06 bits per heavy atom. The number of nitrogens with one attached hydrogen (secondary N) is 2. The fourth-order valence-electron chi connectivity index (χ4n) is 1.42. The zero-order valence-electron chi connectivity index (χ0n) is 10.1. The fraction of sp³-hybridized carbons (Fsp3) is 0.462. The molecule has 17 heavy (non-hydrogen) atoms. The minimum absolute atomic E-state index is 0.0958. The third-order valence-corrected chi connectivity index (χ3v) is 2.74. The summed E-state index contributed by atoms with van der Waals surface area (Å²) in [5, 5.41) is 6.80. The average molecular weight is 255 g/mol. The highest BCUT2D eigenvalue weighted by Crippen LogP contribution is 2.13. The van der Waals surface area contributed by atoms with Crippen LogP contribution in [-0.2, 0) is 11.3 Å². The number of hydrogen-bond donors (Lipinski definition) is 2. The SMILES string of the molecule is CCCNC(=O)CCNCc1ccccc1Cl. The van der Waals surface area contributed by atoms with Crippen molar-refractivity contribution in [2.24, 2.45) is 0 Å². The summed E-state index contributed by atoms with van der Waals surface area (Å²) in [5.74, 6) is 0.0958. The second-order valence-electron chi connectivity index (χ2n) is 3.87. The van der Waals surface area contributed by atoms with Crippen LogP contribution in [0.2, 0.25) is 5.02 Å². The van der Waals surface area contributed by atoms with E-state index in [-0.39, 0.29) is 5.91 Å². The monoisotopic (exact) mass is 254 g/mol. The van der Waals surface area contributed by atoms with E-state index in [1.165, 1.54) is 0 Å². The van der Waals surface area contributed by atoms with Crippen molar-refractivity contribution in [3.63, 3.8) is 0 Å². The van der Waals surface area contributed by atoms with Gasteiger partial charge < -0.3 is 10.6 Å². The molecule has 0 aliphatic heterocycles. The van der Waals surface area contributed by atoms with Crippen LogP contribution >= 0.6 is 11.6 Å². The Hall–Kier alpha value is -1.06. The molecule has 1 amide bonds. The minimum atomic E-state index is 0.0958. The molecule has 4 heteroatoms. The molecule has 1 aromatic carbocycles. The van der Waals surface area contributed by atoms with E-state index in [1.807, 2.05) is 31.2 Å². The lowest BCUT2D eigenvalue weighted by atomic mass is 10.2. The summed E-state index contributed by atoms with van der Waals surface area (Å²) in [6.07, 6.45) is 1.48. The lowest BCUT2D eigenvalue weighted by Crippen LogP contribution is -2.28. The van der Waals surface area contributed by atoms with Crippen molar-refractivity contribution in [1.29, 1.82) is 0 Å². The van der Waals surface area contributed by atoms with Crippen LogP contribution in [-0.4, -0.2) is 19.0 Å². The summed E-state index contributed by atoms with van der Waals surface area (Å²) in [7, 11) is 0. The predicted molar refractivity (Wildman–Crippen MR) is 71.1 cm³/mol. The second-order valence-corrected chi connectivity index (χ2v) is 4.28. The van der Waals surface area contributed by atoms with E-state index in [0.29, 0.717) is 19.5 Å². The van der Waals surface area contributed by atoms with Gasteiger partial charge in [0.25, 0.3) is 0 Å². The third kappa shape index (κ3) is 5.71. The smallest absolute Gasteiger partial charge is 0.221 e. The molecule has 0 bridgehead atoms. The molecule has 0 radical (unpaired) electrons. The fourth-order valence-corrected chi connectivity index (χ4v) is 1.62. The van der Waals surface area contributed by atoms with E-state index in [0.717, 1.165) is 23.6 Å². The summed E-state index contributed by atoms with van der Waals surface area (Å²) in [6, 6.07) is 7.71. The molecule has 2 N–H and O–H groups in total. The molecule has 0 fully saturated rings. The van der Waals surface area contributed by atoms with Crippen molar-refractivity contribution in [2.75, 3.05) is 13.1 Å². The number of carbonyl (C=O) groups excluding carboxylic acids is 1. The zero-order valence-corrected chi connectivity index (χ0v) is 10.9. The first-order valence-electron chi connectivity index (χ1n) is 5.95. The van der Waals surface area contributed by atoms with E-state index in [9.17, 15) is 4.79 Å². The largest absolute Gasteiger partial charge is 0.356 e. The number of amides is 1. The van der Waals surface area contributed by atoms with E-state index < -0.39 is 0 Å². The summed E-state index contributed by atoms with van der Waals surface area (Å²) in [5.41, 5.74) is 1.06. The maximum Gasteiger partial charge on any atom is 0.221 e. The maximum atomic E-state index is 11.3. The van der Waals surface area contributed by atoms with Crippen LogP contribution in [0.3, 0.4) is 0 Å². The molecule has 0 atom stereocenters. The van der Waals surface area contributed by atoms with Crippen LogP contribution in [0.5, 0.6) is 0 Å². The zero-order chi connectivity index (χ0) is 12.5. The molecule has 94 valence electrons. The third-order valence-electron chi connectivity index (χ3n) is 2.37. The van der Waals surface area contributed by atoms with Gasteiger partial charge in [-0.3, -0.25) is 4.79 Å². The Morgan fingerprint density at radius 3 is 2.76 bits per heavy atom. The van der Waals surface area contributed by atoms with Crippen molar-refractivity contribution in [3.05, 3.63) is 34.9 Å². The molecule has 1 rings (SSSR count). The van der Waals surface area contributed by atoms with Gasteiger partial charge in [-0.25, -0.2) is 0 Å². The first-order chi connectivity index (χ1) is 8.24. The van der Waals surface area contributed by atoms with E-state index in [2.05, 4.69) is 10.6 Å². The summed E-state index contributed by atoms with van der Waals surface area (Å²) >= 11 is 6.01. The van der Waals surface area contributed by atoms with Crippen LogP contribution in [0.4, 0.5) is 0 Å². The highest BCUT2D eigenvalue weighted by Gasteiger charge is 2.01. The quantitative estimate of drug-likeness (QED) is 0.734. The minimum Gasteiger partial charge on any atom is -0.356 e. The molecule has 0 aromatic heterocycles. The highest BCUT2D eigenvalue weighted by molar-refractivity contribution is 6.31. The van der Waals surface area contributed by atoms with Crippen molar-refractivity contribution in [1.82, 2.24) is 10.6 Å². The van der Waals surface area contributed by atoms with Gasteiger partial charge in [-0.1, -0.05) is 36.7 Å². The molecule has 0 unspecified atom stereocenters. The first kappa shape index (κ1) is 14.0. The first-order valence-corrected chi connectivity index (χ1v) is 6.32. The molecule has 3 nitrogen and oxygen atoms in total. The molecular weight excluding hydrogens is 236 g/mol. The number of hydrogen-bond acceptors (Lipinski definition) is 2. The number of rotatable bonds is 7. The van der Waals surface area contributed by atoms with Gasteiger partial charge in [0.15, 0.2) is 0 Å². The van der Waals surface area contributed by atoms with Gasteiger partial charge in [0.2, 0.25) is 5.91 Å². The topological polar surface area (TPSA) is 41.1 Å². The van der Waals surface area contributed by atoms with Gasteiger partial charge in [0.05, 0.1) is 0 Å². The van der Waals surface area contributed by atoms with Gasteiger partial charge in [-0.05, 0) is 18.1 Å². The molecule has 0 saturated carbocycles. The van der Waals surface area contributed by atoms with Gasteiger partial charge in [0, 0.05) is 31.1 Å². The molecule has 0 heterocycles. The number of benzene rings is 1. The van der Waals surface area contributed by atoms with Gasteiger partial charge in [0.1, 0.15) is 0 Å². The van der Waals surface area contributed by atoms with Crippen LogP contribution in [0, 0.1) is 0 Å². The molecule has 0 spiro atoms. The second kappa shape index (κ2) is 8.09. The lowest BCUT2D eigenvalue weighted by Gasteiger charge is -2.07. The van der Waals surface area contributed by atoms with E-state index in [1.54, 1.807) is 0 Å². The Kier molecular flexibility index (Phi) is 6.67. The van der Waals surface area contributed by atoms with Gasteiger partial charge in [-0.15, -0.1) is 0 Å². The summed E-state index contributed by atoms with van der Waals surface area (Å²) in [6.45, 7) is 4.15. The van der Waals surface area contributed by atoms with Crippen LogP contribution < -0.4 is 10.6 Å². The molecule has 0 saturated heterocycles. The van der Waals surface area contributed by atoms with Crippen molar-refractivity contribution < 1.29 is 4.79 Å². The Balaban J connectivity index is 2.16. The van der Waals surface area contributed by atoms with E-state index >= 15 is 0 Å². The molecule has 0 aliphatic rings. The Bertz CT molecular complexity index is 355. The van der Waals surface area contributed by atoms with Crippen LogP contribution in [0.25, 0.3) is 0 Å². The normalized spacial score (nSPS) is 10.2. The maximum absolute atomic E-state index is 11.3. The standard InChI is InChI=1S/C13H19ClN2O/c1-2-8-16-13(17)7-9-15-10-11-5-3-4-6-12(11)14/h3-6,15H,2,7-10H2,1H3,(H,16,17). The summed E-state index contributed by atoms with van der Waals surface area (Å²) < 4.78 is 0. The van der Waals surface area contributed by atoms with Crippen LogP contribution in [0.1, 0.15) is 25.3 Å². The highest BCUT2D eigenvalue weighted by atomic mass is 35.5. The number of halogens is 1. The average Bonchev–Trinajstić information content (AvgIpc) is 2.34. The van der Waals surface area contributed by atoms with Crippen LogP contribution in [0.15, 0.2) is 24.3 Å². The van der Waals surface area contributed by atoms with Crippen molar-refractivity contribution in [3.8, 4) is 0 Å². The Labute approximate surface area is 108 Å². The molecular formula is C13H19ClN2O. The van der Waals surface area contributed by atoms with Crippen molar-refractivity contribution >= 4 is 17.5 Å². The molecule has 0 aliphatic carbocycles. The van der Waals surface area contributed by atoms with E-state index in [4.69, 9.17) is 11.6 Å². The number of carbonyl (C=O) groups is 1.